The van der Waals surface area contributed by atoms with Crippen LogP contribution >= 0.6 is 0 Å². The van der Waals surface area contributed by atoms with Gasteiger partial charge < -0.3 is 5.11 Å². The molecule has 2 aromatic carbocycles. The predicted molar refractivity (Wildman–Crippen MR) is 95.4 cm³/mol. The molecule has 0 bridgehead atoms. The molecular weight excluding hydrogens is 354 g/mol. The fourth-order valence-corrected chi connectivity index (χ4v) is 4.42. The Balaban J connectivity index is 1.66. The maximum absolute atomic E-state index is 12.4. The van der Waals surface area contributed by atoms with Crippen molar-refractivity contribution in [2.24, 2.45) is 0 Å². The molecule has 1 aliphatic rings. The molecule has 26 heavy (non-hydrogen) atoms. The van der Waals surface area contributed by atoms with Crippen molar-refractivity contribution in [1.82, 2.24) is 4.72 Å². The molecule has 0 saturated heterocycles. The van der Waals surface area contributed by atoms with E-state index in [-0.39, 0.29) is 17.4 Å². The number of carboxylic acid groups (broad SMARTS) is 1. The molecule has 7 heteroatoms. The first-order chi connectivity index (χ1) is 12.3. The van der Waals surface area contributed by atoms with Crippen LogP contribution in [0.3, 0.4) is 0 Å². The zero-order valence-corrected chi connectivity index (χ0v) is 14.8. The number of nitrogens with one attached hydrogen (secondary N) is 1. The van der Waals surface area contributed by atoms with Crippen molar-refractivity contribution in [2.45, 2.75) is 36.6 Å². The molecule has 0 aliphatic heterocycles. The van der Waals surface area contributed by atoms with Gasteiger partial charge in [0.1, 0.15) is 0 Å². The van der Waals surface area contributed by atoms with Gasteiger partial charge in [0.25, 0.3) is 0 Å². The third-order valence-electron chi connectivity index (χ3n) is 4.46. The molecule has 136 valence electrons. The molecule has 0 saturated carbocycles. The van der Waals surface area contributed by atoms with E-state index in [9.17, 15) is 18.0 Å². The van der Waals surface area contributed by atoms with Crippen LogP contribution < -0.4 is 4.72 Å². The van der Waals surface area contributed by atoms with E-state index in [1.54, 1.807) is 30.3 Å². The molecule has 0 heterocycles. The van der Waals surface area contributed by atoms with Crippen LogP contribution in [-0.4, -0.2) is 31.3 Å². The summed E-state index contributed by atoms with van der Waals surface area (Å²) in [6, 6.07) is 13.7. The smallest absolute Gasteiger partial charge is 0.372 e. The molecule has 1 atom stereocenters. The molecule has 1 aliphatic carbocycles. The van der Waals surface area contributed by atoms with Gasteiger partial charge >= 0.3 is 5.97 Å². The number of fused-ring (bicyclic) bond motifs is 1. The second-order valence-corrected chi connectivity index (χ2v) is 8.08. The molecular formula is C19H19NO5S. The van der Waals surface area contributed by atoms with E-state index in [0.717, 1.165) is 16.7 Å². The fraction of sp³-hybridized carbons (Fsp3) is 0.263. The van der Waals surface area contributed by atoms with E-state index >= 15 is 0 Å². The second-order valence-electron chi connectivity index (χ2n) is 6.37. The summed E-state index contributed by atoms with van der Waals surface area (Å²) in [6.07, 6.45) is 1.49. The maximum Gasteiger partial charge on any atom is 0.372 e. The highest BCUT2D eigenvalue weighted by Gasteiger charge is 2.26. The SMILES string of the molecule is O=C(O)C(=O)CCc1ccc2c(c1)CC(NS(=O)(=O)c1ccccc1)C2. The Bertz CT molecular complexity index is 938. The average molecular weight is 373 g/mol. The lowest BCUT2D eigenvalue weighted by Crippen LogP contribution is -2.35. The average Bonchev–Trinajstić information content (AvgIpc) is 3.00. The topological polar surface area (TPSA) is 101 Å². The molecule has 0 amide bonds. The Labute approximate surface area is 151 Å². The predicted octanol–water partition coefficient (Wildman–Crippen LogP) is 1.72. The number of ketones is 1. The van der Waals surface area contributed by atoms with Crippen molar-refractivity contribution in [3.63, 3.8) is 0 Å². The van der Waals surface area contributed by atoms with Crippen LogP contribution in [-0.2, 0) is 38.9 Å². The van der Waals surface area contributed by atoms with Crippen molar-refractivity contribution in [1.29, 1.82) is 0 Å². The van der Waals surface area contributed by atoms with E-state index in [1.165, 1.54) is 0 Å². The van der Waals surface area contributed by atoms with E-state index < -0.39 is 21.8 Å². The molecule has 0 spiro atoms. The number of carbonyl (C=O) groups is 2. The number of aliphatic carboxylic acids is 1. The van der Waals surface area contributed by atoms with E-state index in [1.807, 2.05) is 18.2 Å². The zero-order valence-electron chi connectivity index (χ0n) is 14.0. The number of benzene rings is 2. The lowest BCUT2D eigenvalue weighted by molar-refractivity contribution is -0.149. The molecule has 6 nitrogen and oxygen atoms in total. The zero-order chi connectivity index (χ0) is 18.7. The fourth-order valence-electron chi connectivity index (χ4n) is 3.16. The molecule has 1 unspecified atom stereocenters. The molecule has 0 aromatic heterocycles. The number of aryl methyl sites for hydroxylation is 1. The second kappa shape index (κ2) is 7.39. The van der Waals surface area contributed by atoms with E-state index in [0.29, 0.717) is 19.3 Å². The molecule has 3 rings (SSSR count). The largest absolute Gasteiger partial charge is 0.476 e. The number of rotatable bonds is 7. The third kappa shape index (κ3) is 4.17. The van der Waals surface area contributed by atoms with Gasteiger partial charge in [0.05, 0.1) is 4.90 Å². The Kier molecular flexibility index (Phi) is 5.20. The number of hydrogen-bond donors (Lipinski definition) is 2. The van der Waals surface area contributed by atoms with Gasteiger partial charge in [-0.05, 0) is 48.1 Å². The first kappa shape index (κ1) is 18.3. The lowest BCUT2D eigenvalue weighted by atomic mass is 10.0. The summed E-state index contributed by atoms with van der Waals surface area (Å²) in [5, 5.41) is 8.64. The van der Waals surface area contributed by atoms with Crippen molar-refractivity contribution < 1.29 is 23.1 Å². The number of carboxylic acids is 1. The molecule has 2 aromatic rings. The summed E-state index contributed by atoms with van der Waals surface area (Å²) in [4.78, 5) is 22.0. The highest BCUT2D eigenvalue weighted by Crippen LogP contribution is 2.25. The highest BCUT2D eigenvalue weighted by molar-refractivity contribution is 7.89. The van der Waals surface area contributed by atoms with Gasteiger partial charge in [0, 0.05) is 12.5 Å². The summed E-state index contributed by atoms with van der Waals surface area (Å²) < 4.78 is 27.6. The van der Waals surface area contributed by atoms with Crippen LogP contribution in [0.1, 0.15) is 23.1 Å². The van der Waals surface area contributed by atoms with Crippen LogP contribution in [0.25, 0.3) is 0 Å². The lowest BCUT2D eigenvalue weighted by Gasteiger charge is -2.12. The van der Waals surface area contributed by atoms with Crippen molar-refractivity contribution in [3.8, 4) is 0 Å². The number of carbonyl (C=O) groups excluding carboxylic acids is 1. The summed E-state index contributed by atoms with van der Waals surface area (Å²) in [5.74, 6) is -2.22. The summed E-state index contributed by atoms with van der Waals surface area (Å²) in [5.41, 5.74) is 2.98. The van der Waals surface area contributed by atoms with E-state index in [2.05, 4.69) is 4.72 Å². The summed E-state index contributed by atoms with van der Waals surface area (Å²) in [7, 11) is -3.56. The van der Waals surface area contributed by atoms with Crippen LogP contribution in [0, 0.1) is 0 Å². The first-order valence-corrected chi connectivity index (χ1v) is 9.77. The van der Waals surface area contributed by atoms with E-state index in [4.69, 9.17) is 5.11 Å². The Morgan fingerprint density at radius 3 is 2.42 bits per heavy atom. The molecule has 0 radical (unpaired) electrons. The van der Waals surface area contributed by atoms with Gasteiger partial charge in [0.15, 0.2) is 0 Å². The minimum absolute atomic E-state index is 0.0435. The molecule has 2 N–H and O–H groups in total. The van der Waals surface area contributed by atoms with Gasteiger partial charge in [-0.2, -0.15) is 0 Å². The quantitative estimate of drug-likeness (QED) is 0.720. The van der Waals surface area contributed by atoms with Crippen molar-refractivity contribution >= 4 is 21.8 Å². The van der Waals surface area contributed by atoms with Gasteiger partial charge in [0.2, 0.25) is 15.8 Å². The van der Waals surface area contributed by atoms with Gasteiger partial charge in [-0.1, -0.05) is 36.4 Å². The van der Waals surface area contributed by atoms with Gasteiger partial charge in [-0.25, -0.2) is 17.9 Å². The third-order valence-corrected chi connectivity index (χ3v) is 5.99. The number of Topliss-reactive ketones (excluding diaryl/α,β-unsaturated/α-hetero) is 1. The van der Waals surface area contributed by atoms with Crippen LogP contribution in [0.4, 0.5) is 0 Å². The summed E-state index contributed by atoms with van der Waals surface area (Å²) in [6.45, 7) is 0. The summed E-state index contributed by atoms with van der Waals surface area (Å²) >= 11 is 0. The number of sulfonamides is 1. The normalized spacial score (nSPS) is 16.2. The molecule has 0 fully saturated rings. The standard InChI is InChI=1S/C19H19NO5S/c21-18(19(22)23)9-7-13-6-8-14-11-16(12-15(14)10-13)20-26(24,25)17-4-2-1-3-5-17/h1-6,8,10,16,20H,7,9,11-12H2,(H,22,23). The van der Waals surface area contributed by atoms with Crippen molar-refractivity contribution in [2.75, 3.05) is 0 Å². The van der Waals surface area contributed by atoms with Crippen LogP contribution in [0.2, 0.25) is 0 Å². The van der Waals surface area contributed by atoms with Crippen LogP contribution in [0.5, 0.6) is 0 Å². The van der Waals surface area contributed by atoms with Crippen LogP contribution in [0.15, 0.2) is 53.4 Å². The minimum Gasteiger partial charge on any atom is -0.476 e. The monoisotopic (exact) mass is 373 g/mol. The maximum atomic E-state index is 12.4. The highest BCUT2D eigenvalue weighted by atomic mass is 32.2. The van der Waals surface area contributed by atoms with Gasteiger partial charge in [-0.3, -0.25) is 4.79 Å². The Hall–Kier alpha value is -2.51. The van der Waals surface area contributed by atoms with Gasteiger partial charge in [-0.15, -0.1) is 0 Å². The Morgan fingerprint density at radius 2 is 1.73 bits per heavy atom. The first-order valence-electron chi connectivity index (χ1n) is 8.29. The van der Waals surface area contributed by atoms with Crippen molar-refractivity contribution in [3.05, 3.63) is 65.2 Å². The minimum atomic E-state index is -3.56. The number of hydrogen-bond acceptors (Lipinski definition) is 4. The Morgan fingerprint density at radius 1 is 1.04 bits per heavy atom.